The molecule has 94 valence electrons. The normalized spacial score (nSPS) is 10.3. The SMILES string of the molecule is CCCN(CCO)C(=O)c1cc(Cl)ncc1N. The van der Waals surface area contributed by atoms with Crippen LogP contribution in [0.4, 0.5) is 5.69 Å². The molecule has 0 aliphatic heterocycles. The van der Waals surface area contributed by atoms with Crippen LogP contribution in [0.1, 0.15) is 23.7 Å². The number of aliphatic hydroxyl groups excluding tert-OH is 1. The number of carbonyl (C=O) groups is 1. The monoisotopic (exact) mass is 257 g/mol. The Kier molecular flexibility index (Phi) is 5.18. The highest BCUT2D eigenvalue weighted by atomic mass is 35.5. The number of amides is 1. The average Bonchev–Trinajstić information content (AvgIpc) is 2.31. The number of aliphatic hydroxyl groups is 1. The van der Waals surface area contributed by atoms with Gasteiger partial charge in [-0.15, -0.1) is 0 Å². The van der Waals surface area contributed by atoms with Gasteiger partial charge in [-0.05, 0) is 12.5 Å². The Bertz CT molecular complexity index is 392. The first-order chi connectivity index (χ1) is 8.10. The number of halogens is 1. The third-order valence-electron chi connectivity index (χ3n) is 2.28. The average molecular weight is 258 g/mol. The van der Waals surface area contributed by atoms with Crippen LogP contribution >= 0.6 is 11.6 Å². The quantitative estimate of drug-likeness (QED) is 0.776. The highest BCUT2D eigenvalue weighted by molar-refractivity contribution is 6.29. The van der Waals surface area contributed by atoms with Gasteiger partial charge in [-0.3, -0.25) is 4.79 Å². The standard InChI is InChI=1S/C11H16ClN3O2/c1-2-3-15(4-5-16)11(17)8-6-10(12)14-7-9(8)13/h6-7,16H,2-5,13H2,1H3. The molecule has 0 unspecified atom stereocenters. The zero-order valence-electron chi connectivity index (χ0n) is 9.69. The molecule has 0 aromatic carbocycles. The molecule has 17 heavy (non-hydrogen) atoms. The number of hydrogen-bond donors (Lipinski definition) is 2. The number of rotatable bonds is 5. The molecule has 0 fully saturated rings. The Labute approximate surface area is 105 Å². The molecule has 1 aromatic rings. The van der Waals surface area contributed by atoms with E-state index in [1.807, 2.05) is 6.92 Å². The lowest BCUT2D eigenvalue weighted by atomic mass is 10.2. The predicted octanol–water partition coefficient (Wildman–Crippen LogP) is 1.16. The molecule has 1 heterocycles. The summed E-state index contributed by atoms with van der Waals surface area (Å²) in [6.45, 7) is 2.73. The largest absolute Gasteiger partial charge is 0.397 e. The van der Waals surface area contributed by atoms with Crippen LogP contribution in [0.25, 0.3) is 0 Å². The van der Waals surface area contributed by atoms with Crippen LogP contribution in [0.3, 0.4) is 0 Å². The van der Waals surface area contributed by atoms with Gasteiger partial charge in [0.2, 0.25) is 0 Å². The summed E-state index contributed by atoms with van der Waals surface area (Å²) in [7, 11) is 0. The summed E-state index contributed by atoms with van der Waals surface area (Å²) in [6, 6.07) is 1.44. The Morgan fingerprint density at radius 2 is 2.29 bits per heavy atom. The van der Waals surface area contributed by atoms with Crippen LogP contribution in [-0.2, 0) is 0 Å². The molecule has 6 heteroatoms. The summed E-state index contributed by atoms with van der Waals surface area (Å²) in [5.41, 5.74) is 6.31. The van der Waals surface area contributed by atoms with Crippen LogP contribution in [0.2, 0.25) is 5.15 Å². The van der Waals surface area contributed by atoms with Crippen molar-refractivity contribution in [3.8, 4) is 0 Å². The third kappa shape index (κ3) is 3.57. The number of nitrogens with zero attached hydrogens (tertiary/aromatic N) is 2. The Balaban J connectivity index is 2.95. The Morgan fingerprint density at radius 3 is 2.88 bits per heavy atom. The van der Waals surface area contributed by atoms with Gasteiger partial charge in [0.1, 0.15) is 5.15 Å². The Morgan fingerprint density at radius 1 is 1.59 bits per heavy atom. The van der Waals surface area contributed by atoms with Crippen molar-refractivity contribution in [2.75, 3.05) is 25.4 Å². The molecule has 0 bridgehead atoms. The number of pyridine rings is 1. The van der Waals surface area contributed by atoms with E-state index >= 15 is 0 Å². The minimum atomic E-state index is -0.234. The third-order valence-corrected chi connectivity index (χ3v) is 2.49. The zero-order valence-corrected chi connectivity index (χ0v) is 10.4. The van der Waals surface area contributed by atoms with Crippen molar-refractivity contribution in [1.82, 2.24) is 9.88 Å². The Hall–Kier alpha value is -1.33. The molecule has 0 atom stereocenters. The van der Waals surface area contributed by atoms with E-state index in [0.717, 1.165) is 6.42 Å². The molecule has 0 saturated carbocycles. The predicted molar refractivity (Wildman–Crippen MR) is 66.9 cm³/mol. The van der Waals surface area contributed by atoms with Crippen molar-refractivity contribution >= 4 is 23.2 Å². The summed E-state index contributed by atoms with van der Waals surface area (Å²) in [5, 5.41) is 9.14. The maximum Gasteiger partial charge on any atom is 0.256 e. The van der Waals surface area contributed by atoms with Gasteiger partial charge in [-0.2, -0.15) is 0 Å². The van der Waals surface area contributed by atoms with Gasteiger partial charge < -0.3 is 15.7 Å². The lowest BCUT2D eigenvalue weighted by Crippen LogP contribution is -2.34. The van der Waals surface area contributed by atoms with Crippen molar-refractivity contribution in [2.24, 2.45) is 0 Å². The van der Waals surface area contributed by atoms with Crippen molar-refractivity contribution in [1.29, 1.82) is 0 Å². The lowest BCUT2D eigenvalue weighted by molar-refractivity contribution is 0.0723. The minimum absolute atomic E-state index is 0.0789. The number of nitrogens with two attached hydrogens (primary N) is 1. The molecule has 0 spiro atoms. The summed E-state index contributed by atoms with van der Waals surface area (Å²) in [6.07, 6.45) is 2.17. The van der Waals surface area contributed by atoms with E-state index in [1.54, 1.807) is 4.90 Å². The molecule has 5 nitrogen and oxygen atoms in total. The van der Waals surface area contributed by atoms with Crippen molar-refractivity contribution in [3.63, 3.8) is 0 Å². The molecule has 0 aliphatic rings. The second-order valence-electron chi connectivity index (χ2n) is 3.61. The van der Waals surface area contributed by atoms with E-state index in [0.29, 0.717) is 17.8 Å². The number of nitrogen functional groups attached to an aromatic ring is 1. The van der Waals surface area contributed by atoms with E-state index in [-0.39, 0.29) is 24.2 Å². The molecular formula is C11H16ClN3O2. The number of aromatic nitrogens is 1. The summed E-state index contributed by atoms with van der Waals surface area (Å²) >= 11 is 5.73. The molecule has 0 saturated heterocycles. The lowest BCUT2D eigenvalue weighted by Gasteiger charge is -2.21. The maximum absolute atomic E-state index is 12.1. The van der Waals surface area contributed by atoms with E-state index < -0.39 is 0 Å². The second kappa shape index (κ2) is 6.42. The number of carbonyl (C=O) groups excluding carboxylic acids is 1. The van der Waals surface area contributed by atoms with E-state index in [2.05, 4.69) is 4.98 Å². The van der Waals surface area contributed by atoms with Gasteiger partial charge in [0, 0.05) is 13.1 Å². The molecule has 1 amide bonds. The van der Waals surface area contributed by atoms with Crippen LogP contribution in [-0.4, -0.2) is 40.6 Å². The fourth-order valence-corrected chi connectivity index (χ4v) is 1.66. The fourth-order valence-electron chi connectivity index (χ4n) is 1.50. The van der Waals surface area contributed by atoms with Gasteiger partial charge in [0.15, 0.2) is 0 Å². The van der Waals surface area contributed by atoms with E-state index in [4.69, 9.17) is 22.4 Å². The maximum atomic E-state index is 12.1. The molecule has 1 rings (SSSR count). The van der Waals surface area contributed by atoms with Crippen molar-refractivity contribution in [3.05, 3.63) is 23.0 Å². The topological polar surface area (TPSA) is 79.5 Å². The van der Waals surface area contributed by atoms with Gasteiger partial charge in [-0.1, -0.05) is 18.5 Å². The molecule has 0 radical (unpaired) electrons. The summed E-state index contributed by atoms with van der Waals surface area (Å²) < 4.78 is 0. The molecule has 0 aliphatic carbocycles. The van der Waals surface area contributed by atoms with Crippen LogP contribution in [0.15, 0.2) is 12.3 Å². The highest BCUT2D eigenvalue weighted by Gasteiger charge is 2.17. The number of anilines is 1. The minimum Gasteiger partial charge on any atom is -0.397 e. The number of hydrogen-bond acceptors (Lipinski definition) is 4. The molecule has 1 aromatic heterocycles. The molecule has 3 N–H and O–H groups in total. The fraction of sp³-hybridized carbons (Fsp3) is 0.455. The van der Waals surface area contributed by atoms with Crippen molar-refractivity contribution in [2.45, 2.75) is 13.3 Å². The first kappa shape index (κ1) is 13.7. The first-order valence-corrected chi connectivity index (χ1v) is 5.79. The van der Waals surface area contributed by atoms with Gasteiger partial charge in [0.05, 0.1) is 24.1 Å². The van der Waals surface area contributed by atoms with Gasteiger partial charge in [-0.25, -0.2) is 4.98 Å². The van der Waals surface area contributed by atoms with E-state index in [9.17, 15) is 4.79 Å². The second-order valence-corrected chi connectivity index (χ2v) is 4.00. The van der Waals surface area contributed by atoms with Crippen LogP contribution in [0, 0.1) is 0 Å². The zero-order chi connectivity index (χ0) is 12.8. The summed E-state index contributed by atoms with van der Waals surface area (Å²) in [4.78, 5) is 17.5. The van der Waals surface area contributed by atoms with E-state index in [1.165, 1.54) is 12.3 Å². The van der Waals surface area contributed by atoms with Crippen molar-refractivity contribution < 1.29 is 9.90 Å². The first-order valence-electron chi connectivity index (χ1n) is 5.41. The smallest absolute Gasteiger partial charge is 0.256 e. The molecular weight excluding hydrogens is 242 g/mol. The van der Waals surface area contributed by atoms with Crippen LogP contribution < -0.4 is 5.73 Å². The van der Waals surface area contributed by atoms with Gasteiger partial charge in [0.25, 0.3) is 5.91 Å². The summed E-state index contributed by atoms with van der Waals surface area (Å²) in [5.74, 6) is -0.234. The van der Waals surface area contributed by atoms with Gasteiger partial charge >= 0.3 is 0 Å². The highest BCUT2D eigenvalue weighted by Crippen LogP contribution is 2.17. The van der Waals surface area contributed by atoms with Crippen LogP contribution in [0.5, 0.6) is 0 Å².